The second-order valence-electron chi connectivity index (χ2n) is 4.90. The molecular weight excluding hydrogens is 264 g/mol. The summed E-state index contributed by atoms with van der Waals surface area (Å²) in [5, 5.41) is 5.26. The highest BCUT2D eigenvalue weighted by molar-refractivity contribution is 6.06. The number of rotatable bonds is 4. The van der Waals surface area contributed by atoms with Gasteiger partial charge in [-0.2, -0.15) is 5.10 Å². The van der Waals surface area contributed by atoms with Gasteiger partial charge in [0, 0.05) is 24.4 Å². The molecule has 0 unspecified atom stereocenters. The maximum absolute atomic E-state index is 12.6. The Morgan fingerprint density at radius 1 is 1.14 bits per heavy atom. The van der Waals surface area contributed by atoms with Crippen LogP contribution in [0.15, 0.2) is 48.5 Å². The first-order chi connectivity index (χ1) is 10.2. The number of carbonyl (C=O) groups excluding carboxylic acids is 1. The Hall–Kier alpha value is -2.62. The number of nitrogens with zero attached hydrogens (tertiary/aromatic N) is 2. The molecule has 21 heavy (non-hydrogen) atoms. The van der Waals surface area contributed by atoms with Gasteiger partial charge >= 0.3 is 0 Å². The molecule has 1 heterocycles. The lowest BCUT2D eigenvalue weighted by Crippen LogP contribution is -2.06. The van der Waals surface area contributed by atoms with Gasteiger partial charge in [0.15, 0.2) is 5.78 Å². The van der Waals surface area contributed by atoms with Crippen LogP contribution in [0.1, 0.15) is 16.1 Å². The molecule has 0 amide bonds. The van der Waals surface area contributed by atoms with E-state index in [-0.39, 0.29) is 12.2 Å². The van der Waals surface area contributed by atoms with Crippen LogP contribution in [0.3, 0.4) is 0 Å². The van der Waals surface area contributed by atoms with E-state index in [1.807, 2.05) is 55.6 Å². The predicted octanol–water partition coefficient (Wildman–Crippen LogP) is 3.01. The van der Waals surface area contributed by atoms with Crippen LogP contribution in [0.5, 0.6) is 5.75 Å². The highest BCUT2D eigenvalue weighted by Crippen LogP contribution is 2.22. The molecule has 106 valence electrons. The molecule has 0 aliphatic rings. The number of aryl methyl sites for hydroxylation is 1. The molecule has 0 radical (unpaired) electrons. The van der Waals surface area contributed by atoms with Crippen molar-refractivity contribution in [3.05, 3.63) is 59.8 Å². The largest absolute Gasteiger partial charge is 0.496 e. The van der Waals surface area contributed by atoms with E-state index in [0.29, 0.717) is 5.69 Å². The minimum atomic E-state index is -0.00343. The normalized spacial score (nSPS) is 10.8. The van der Waals surface area contributed by atoms with Gasteiger partial charge in [-0.15, -0.1) is 0 Å². The SMILES string of the molecule is COc1ccccc1CC(=O)c1nn(C)c2ccccc12. The number of fused-ring (bicyclic) bond motifs is 1. The summed E-state index contributed by atoms with van der Waals surface area (Å²) in [6.07, 6.45) is 0.283. The smallest absolute Gasteiger partial charge is 0.188 e. The fourth-order valence-electron chi connectivity index (χ4n) is 2.53. The van der Waals surface area contributed by atoms with Gasteiger partial charge in [-0.3, -0.25) is 9.48 Å². The average molecular weight is 280 g/mol. The lowest BCUT2D eigenvalue weighted by atomic mass is 10.0. The van der Waals surface area contributed by atoms with E-state index in [1.165, 1.54) is 0 Å². The van der Waals surface area contributed by atoms with Gasteiger partial charge < -0.3 is 4.74 Å². The zero-order valence-electron chi connectivity index (χ0n) is 12.0. The second-order valence-corrected chi connectivity index (χ2v) is 4.90. The second kappa shape index (κ2) is 5.40. The number of Topliss-reactive ketones (excluding diaryl/α,β-unsaturated/α-hetero) is 1. The summed E-state index contributed by atoms with van der Waals surface area (Å²) in [6.45, 7) is 0. The molecule has 0 spiro atoms. The average Bonchev–Trinajstić information content (AvgIpc) is 2.86. The van der Waals surface area contributed by atoms with Crippen molar-refractivity contribution >= 4 is 16.7 Å². The van der Waals surface area contributed by atoms with Crippen molar-refractivity contribution in [1.82, 2.24) is 9.78 Å². The maximum Gasteiger partial charge on any atom is 0.188 e. The predicted molar refractivity (Wildman–Crippen MR) is 81.7 cm³/mol. The molecule has 0 aliphatic heterocycles. The molecule has 0 bridgehead atoms. The summed E-state index contributed by atoms with van der Waals surface area (Å²) in [5.41, 5.74) is 2.35. The summed E-state index contributed by atoms with van der Waals surface area (Å²) in [4.78, 5) is 12.6. The van der Waals surface area contributed by atoms with Crippen LogP contribution in [0.2, 0.25) is 0 Å². The van der Waals surface area contributed by atoms with Crippen molar-refractivity contribution in [1.29, 1.82) is 0 Å². The number of ketones is 1. The number of para-hydroxylation sites is 2. The molecule has 3 rings (SSSR count). The van der Waals surface area contributed by atoms with Crippen LogP contribution in [0.25, 0.3) is 10.9 Å². The fraction of sp³-hybridized carbons (Fsp3) is 0.176. The standard InChI is InChI=1S/C17H16N2O2/c1-19-14-9-5-4-8-13(14)17(18-19)15(20)11-12-7-3-6-10-16(12)21-2/h3-10H,11H2,1-2H3. The Bertz CT molecular complexity index is 805. The third-order valence-electron chi connectivity index (χ3n) is 3.57. The molecule has 4 nitrogen and oxygen atoms in total. The number of methoxy groups -OCH3 is 1. The summed E-state index contributed by atoms with van der Waals surface area (Å²) >= 11 is 0. The highest BCUT2D eigenvalue weighted by atomic mass is 16.5. The summed E-state index contributed by atoms with van der Waals surface area (Å²) in [6, 6.07) is 15.3. The molecule has 3 aromatic rings. The summed E-state index contributed by atoms with van der Waals surface area (Å²) < 4.78 is 7.04. The molecule has 0 saturated carbocycles. The number of ether oxygens (including phenoxy) is 1. The highest BCUT2D eigenvalue weighted by Gasteiger charge is 2.17. The summed E-state index contributed by atoms with van der Waals surface area (Å²) in [5.74, 6) is 0.724. The van der Waals surface area contributed by atoms with Crippen molar-refractivity contribution in [2.45, 2.75) is 6.42 Å². The zero-order chi connectivity index (χ0) is 14.8. The monoisotopic (exact) mass is 280 g/mol. The van der Waals surface area contributed by atoms with Crippen LogP contribution in [-0.4, -0.2) is 22.7 Å². The first-order valence-electron chi connectivity index (χ1n) is 6.77. The molecule has 0 saturated heterocycles. The molecular formula is C17H16N2O2. The van der Waals surface area contributed by atoms with E-state index in [4.69, 9.17) is 4.74 Å². The molecule has 1 aromatic heterocycles. The van der Waals surface area contributed by atoms with E-state index >= 15 is 0 Å². The van der Waals surface area contributed by atoms with Crippen LogP contribution in [0.4, 0.5) is 0 Å². The molecule has 2 aromatic carbocycles. The number of aromatic nitrogens is 2. The first-order valence-corrected chi connectivity index (χ1v) is 6.77. The van der Waals surface area contributed by atoms with E-state index in [0.717, 1.165) is 22.2 Å². The van der Waals surface area contributed by atoms with Crippen molar-refractivity contribution < 1.29 is 9.53 Å². The number of benzene rings is 2. The third kappa shape index (κ3) is 2.40. The van der Waals surface area contributed by atoms with Crippen LogP contribution in [-0.2, 0) is 13.5 Å². The minimum absolute atomic E-state index is 0.00343. The van der Waals surface area contributed by atoms with E-state index < -0.39 is 0 Å². The number of carbonyl (C=O) groups is 1. The molecule has 4 heteroatoms. The quantitative estimate of drug-likeness (QED) is 0.690. The molecule has 0 atom stereocenters. The van der Waals surface area contributed by atoms with Gasteiger partial charge in [0.2, 0.25) is 0 Å². The molecule has 0 aliphatic carbocycles. The van der Waals surface area contributed by atoms with Gasteiger partial charge in [-0.1, -0.05) is 36.4 Å². The van der Waals surface area contributed by atoms with Crippen molar-refractivity contribution in [3.8, 4) is 5.75 Å². The third-order valence-corrected chi connectivity index (χ3v) is 3.57. The van der Waals surface area contributed by atoms with Gasteiger partial charge in [-0.25, -0.2) is 0 Å². The maximum atomic E-state index is 12.6. The topological polar surface area (TPSA) is 44.1 Å². The Kier molecular flexibility index (Phi) is 3.44. The number of hydrogen-bond donors (Lipinski definition) is 0. The van der Waals surface area contributed by atoms with E-state index in [2.05, 4.69) is 5.10 Å². The van der Waals surface area contributed by atoms with Gasteiger partial charge in [-0.05, 0) is 12.1 Å². The minimum Gasteiger partial charge on any atom is -0.496 e. The van der Waals surface area contributed by atoms with Gasteiger partial charge in [0.1, 0.15) is 11.4 Å². The van der Waals surface area contributed by atoms with Crippen LogP contribution >= 0.6 is 0 Å². The van der Waals surface area contributed by atoms with E-state index in [1.54, 1.807) is 11.8 Å². The number of hydrogen-bond acceptors (Lipinski definition) is 3. The lowest BCUT2D eigenvalue weighted by molar-refractivity contribution is 0.0988. The Morgan fingerprint density at radius 3 is 2.67 bits per heavy atom. The lowest BCUT2D eigenvalue weighted by Gasteiger charge is -2.06. The van der Waals surface area contributed by atoms with Gasteiger partial charge in [0.05, 0.1) is 12.6 Å². The molecule has 0 N–H and O–H groups in total. The summed E-state index contributed by atoms with van der Waals surface area (Å²) in [7, 11) is 3.46. The van der Waals surface area contributed by atoms with Crippen LogP contribution in [0, 0.1) is 0 Å². The van der Waals surface area contributed by atoms with Crippen LogP contribution < -0.4 is 4.74 Å². The Morgan fingerprint density at radius 2 is 1.86 bits per heavy atom. The Labute approximate surface area is 123 Å². The Balaban J connectivity index is 1.98. The van der Waals surface area contributed by atoms with E-state index in [9.17, 15) is 4.79 Å². The zero-order valence-corrected chi connectivity index (χ0v) is 12.0. The van der Waals surface area contributed by atoms with Crippen molar-refractivity contribution in [3.63, 3.8) is 0 Å². The van der Waals surface area contributed by atoms with Crippen molar-refractivity contribution in [2.75, 3.05) is 7.11 Å². The fourth-order valence-corrected chi connectivity index (χ4v) is 2.53. The van der Waals surface area contributed by atoms with Crippen molar-refractivity contribution in [2.24, 2.45) is 7.05 Å². The molecule has 0 fully saturated rings. The first kappa shape index (κ1) is 13.4. The van der Waals surface area contributed by atoms with Gasteiger partial charge in [0.25, 0.3) is 0 Å².